The van der Waals surface area contributed by atoms with Gasteiger partial charge >= 0.3 is 34.5 Å². The first kappa shape index (κ1) is 19.6. The number of hydrogen-bond donors (Lipinski definition) is 1. The molecule has 5 unspecified atom stereocenters. The van der Waals surface area contributed by atoms with Crippen LogP contribution in [0.2, 0.25) is 0 Å². The summed E-state index contributed by atoms with van der Waals surface area (Å²) in [5.41, 5.74) is 1.11. The zero-order chi connectivity index (χ0) is 16.7. The standard InChI is InChI=1S/C15H24N5.2ClH.Zn/c1-10-16-8-6-14(18-10)12-4-3-5-13(20-12)15-7-9-17-11(2)19-15;;;/h6,8,10-13,15,17H,3-5,7,9H2,1-2H3;2*1H;/q-3;;;+2/p-2. The summed E-state index contributed by atoms with van der Waals surface area (Å²) in [7, 11) is 9.90. The van der Waals surface area contributed by atoms with E-state index in [-0.39, 0.29) is 18.4 Å². The molecule has 5 nitrogen and oxygen atoms in total. The molecular weight excluding hydrogens is 386 g/mol. The second-order valence-electron chi connectivity index (χ2n) is 6.05. The van der Waals surface area contributed by atoms with E-state index in [1.54, 1.807) is 0 Å². The normalized spacial score (nSPS) is 36.9. The van der Waals surface area contributed by atoms with Crippen molar-refractivity contribution in [3.05, 3.63) is 27.7 Å². The van der Waals surface area contributed by atoms with Crippen molar-refractivity contribution in [2.75, 3.05) is 6.54 Å². The molecule has 5 atom stereocenters. The summed E-state index contributed by atoms with van der Waals surface area (Å²) in [6, 6.07) is 1.02. The third kappa shape index (κ3) is 6.26. The number of piperidine rings is 1. The van der Waals surface area contributed by atoms with Gasteiger partial charge in [-0.3, -0.25) is 0 Å². The van der Waals surface area contributed by atoms with Crippen LogP contribution >= 0.6 is 19.4 Å². The second-order valence-corrected chi connectivity index (χ2v) is 10.7. The van der Waals surface area contributed by atoms with Gasteiger partial charge in [0.25, 0.3) is 0 Å². The summed E-state index contributed by atoms with van der Waals surface area (Å²) in [6.07, 6.45) is 8.86. The Labute approximate surface area is 155 Å². The predicted octanol–water partition coefficient (Wildman–Crippen LogP) is 4.43. The van der Waals surface area contributed by atoms with E-state index < -0.39 is 15.1 Å². The fraction of sp³-hybridized carbons (Fsp3) is 0.800. The van der Waals surface area contributed by atoms with Crippen molar-refractivity contribution in [2.45, 2.75) is 70.0 Å². The Morgan fingerprint density at radius 1 is 1.17 bits per heavy atom. The average molecular weight is 411 g/mol. The van der Waals surface area contributed by atoms with E-state index in [1.807, 2.05) is 19.2 Å². The number of rotatable bonds is 2. The van der Waals surface area contributed by atoms with Crippen LogP contribution in [0, 0.1) is 0 Å². The molecule has 1 N–H and O–H groups in total. The number of hydrogen-bond acceptors (Lipinski definition) is 2. The fourth-order valence-corrected chi connectivity index (χ4v) is 3.30. The molecule has 0 aromatic carbocycles. The summed E-state index contributed by atoms with van der Waals surface area (Å²) in [6.45, 7) is 5.21. The van der Waals surface area contributed by atoms with Gasteiger partial charge in [0.05, 0.1) is 0 Å². The molecule has 8 heteroatoms. The van der Waals surface area contributed by atoms with Crippen LogP contribution in [-0.2, 0) is 15.1 Å². The molecule has 3 rings (SSSR count). The molecule has 23 heavy (non-hydrogen) atoms. The minimum atomic E-state index is -0.931. The quantitative estimate of drug-likeness (QED) is 0.672. The van der Waals surface area contributed by atoms with Crippen molar-refractivity contribution in [3.63, 3.8) is 0 Å². The van der Waals surface area contributed by atoms with Crippen molar-refractivity contribution in [1.82, 2.24) is 5.32 Å². The molecule has 0 spiro atoms. The molecule has 0 radical (unpaired) electrons. The van der Waals surface area contributed by atoms with E-state index in [1.165, 1.54) is 12.8 Å². The summed E-state index contributed by atoms with van der Waals surface area (Å²) in [5, 5.41) is 17.9. The van der Waals surface area contributed by atoms with E-state index in [9.17, 15) is 0 Å². The number of aliphatic imine (C=N–C) groups is 1. The van der Waals surface area contributed by atoms with Gasteiger partial charge < -0.3 is 26.3 Å². The van der Waals surface area contributed by atoms with Crippen LogP contribution in [-0.4, -0.2) is 43.2 Å². The monoisotopic (exact) mass is 408 g/mol. The van der Waals surface area contributed by atoms with Gasteiger partial charge in [-0.15, -0.1) is 6.04 Å². The Hall–Kier alpha value is 0.293. The molecule has 0 aromatic heterocycles. The zero-order valence-corrected chi connectivity index (χ0v) is 18.3. The van der Waals surface area contributed by atoms with Gasteiger partial charge in [0, 0.05) is 6.21 Å². The molecule has 3 aliphatic heterocycles. The zero-order valence-electron chi connectivity index (χ0n) is 13.8. The van der Waals surface area contributed by atoms with Gasteiger partial charge in [0.15, 0.2) is 0 Å². The second kappa shape index (κ2) is 10.3. The number of nitrogens with one attached hydrogen (secondary N) is 1. The fourth-order valence-electron chi connectivity index (χ4n) is 3.30. The van der Waals surface area contributed by atoms with Gasteiger partial charge in [0.2, 0.25) is 0 Å². The topological polar surface area (TPSA) is 66.7 Å². The average Bonchev–Trinajstić information content (AvgIpc) is 2.56. The molecule has 0 aromatic rings. The van der Waals surface area contributed by atoms with Crippen molar-refractivity contribution in [1.29, 1.82) is 0 Å². The summed E-state index contributed by atoms with van der Waals surface area (Å²) >= 11 is -0.931. The Kier molecular flexibility index (Phi) is 8.80. The maximum atomic E-state index is 5.05. The predicted molar refractivity (Wildman–Crippen MR) is 95.1 cm³/mol. The van der Waals surface area contributed by atoms with E-state index in [0.29, 0.717) is 12.1 Å². The third-order valence-corrected chi connectivity index (χ3v) is 4.31. The minimum absolute atomic E-state index is 0.0502. The molecule has 0 bridgehead atoms. The Balaban J connectivity index is 0.000000595. The number of halogens is 2. The summed E-state index contributed by atoms with van der Waals surface area (Å²) < 4.78 is 0. The Morgan fingerprint density at radius 3 is 2.61 bits per heavy atom. The van der Waals surface area contributed by atoms with Crippen LogP contribution in [0.25, 0.3) is 16.0 Å². The SMILES string of the molecule is CC1N=CC=C(C2CCCC(C3CCNC(C)[N-]3)[N-]2)[N-]1.[Cl][Zn][Cl]. The van der Waals surface area contributed by atoms with Gasteiger partial charge in [-0.05, 0) is 12.7 Å². The van der Waals surface area contributed by atoms with Crippen molar-refractivity contribution in [3.8, 4) is 0 Å². The molecule has 2 saturated heterocycles. The van der Waals surface area contributed by atoms with Crippen molar-refractivity contribution in [2.24, 2.45) is 4.99 Å². The van der Waals surface area contributed by atoms with Gasteiger partial charge in [0.1, 0.15) is 0 Å². The third-order valence-electron chi connectivity index (χ3n) is 4.31. The maximum absolute atomic E-state index is 5.05. The Bertz CT molecular complexity index is 421. The molecule has 2 fully saturated rings. The van der Waals surface area contributed by atoms with E-state index in [2.05, 4.69) is 22.5 Å². The number of nitrogens with zero attached hydrogens (tertiary/aromatic N) is 4. The van der Waals surface area contributed by atoms with E-state index in [4.69, 9.17) is 30.0 Å². The first-order valence-electron chi connectivity index (χ1n) is 8.33. The molecular formula is C15H24Cl2N5Zn-3. The van der Waals surface area contributed by atoms with Crippen LogP contribution in [0.1, 0.15) is 39.5 Å². The first-order chi connectivity index (χ1) is 11.1. The van der Waals surface area contributed by atoms with Crippen molar-refractivity contribution < 1.29 is 15.1 Å². The van der Waals surface area contributed by atoms with E-state index >= 15 is 0 Å². The summed E-state index contributed by atoms with van der Waals surface area (Å²) in [4.78, 5) is 4.26. The molecule has 3 heterocycles. The van der Waals surface area contributed by atoms with Crippen LogP contribution in [0.4, 0.5) is 0 Å². The molecule has 0 aliphatic carbocycles. The van der Waals surface area contributed by atoms with Crippen LogP contribution in [0.15, 0.2) is 16.8 Å². The van der Waals surface area contributed by atoms with Gasteiger partial charge in [-0.25, -0.2) is 0 Å². The molecule has 0 saturated carbocycles. The first-order valence-corrected chi connectivity index (χ1v) is 16.1. The van der Waals surface area contributed by atoms with E-state index in [0.717, 1.165) is 25.1 Å². The molecule has 3 aliphatic rings. The van der Waals surface area contributed by atoms with Crippen molar-refractivity contribution >= 4 is 25.6 Å². The van der Waals surface area contributed by atoms with Crippen LogP contribution in [0.5, 0.6) is 0 Å². The van der Waals surface area contributed by atoms with Gasteiger partial charge in [-0.1, -0.05) is 51.8 Å². The number of allylic oxidation sites excluding steroid dienone is 1. The van der Waals surface area contributed by atoms with Gasteiger partial charge in [-0.2, -0.15) is 17.8 Å². The van der Waals surface area contributed by atoms with Crippen LogP contribution < -0.4 is 5.32 Å². The molecule has 128 valence electrons. The Morgan fingerprint density at radius 2 is 1.91 bits per heavy atom. The molecule has 0 amide bonds. The summed E-state index contributed by atoms with van der Waals surface area (Å²) in [5.74, 6) is 0. The van der Waals surface area contributed by atoms with Crippen LogP contribution in [0.3, 0.4) is 0 Å².